The van der Waals surface area contributed by atoms with Gasteiger partial charge in [0.25, 0.3) is 5.91 Å². The molecule has 1 amide bonds. The number of ether oxygens (including phenoxy) is 1. The summed E-state index contributed by atoms with van der Waals surface area (Å²) >= 11 is 5.55. The second-order valence-corrected chi connectivity index (χ2v) is 8.36. The summed E-state index contributed by atoms with van der Waals surface area (Å²) in [6.45, 7) is -0.595. The molecule has 0 fully saturated rings. The molecule has 0 unspecified atom stereocenters. The van der Waals surface area contributed by atoms with Gasteiger partial charge in [-0.1, -0.05) is 11.6 Å². The molecule has 0 radical (unpaired) electrons. The molecular formula is C17H14ClF5N2O4S. The molecule has 0 saturated carbocycles. The molecule has 0 saturated heterocycles. The third-order valence-electron chi connectivity index (χ3n) is 3.72. The number of rotatable bonds is 6. The molecule has 13 heteroatoms. The Kier molecular flexibility index (Phi) is 6.94. The van der Waals surface area contributed by atoms with Crippen molar-refractivity contribution in [3.63, 3.8) is 0 Å². The summed E-state index contributed by atoms with van der Waals surface area (Å²) in [5.41, 5.74) is -2.31. The summed E-state index contributed by atoms with van der Waals surface area (Å²) in [6.07, 6.45) is -4.67. The average Bonchev–Trinajstić information content (AvgIpc) is 2.60. The lowest BCUT2D eigenvalue weighted by Crippen LogP contribution is -2.39. The van der Waals surface area contributed by atoms with E-state index in [9.17, 15) is 35.2 Å². The maximum atomic E-state index is 14.2. The first-order valence-electron chi connectivity index (χ1n) is 7.94. The lowest BCUT2D eigenvalue weighted by atomic mass is 10.1. The molecule has 0 heterocycles. The Bertz CT molecular complexity index is 1070. The second kappa shape index (κ2) is 8.74. The molecule has 30 heavy (non-hydrogen) atoms. The molecule has 1 N–H and O–H groups in total. The van der Waals surface area contributed by atoms with Crippen LogP contribution in [0.5, 0.6) is 5.75 Å². The van der Waals surface area contributed by atoms with Crippen LogP contribution in [0, 0.1) is 11.6 Å². The van der Waals surface area contributed by atoms with E-state index in [0.717, 1.165) is 26.2 Å². The SMILES string of the molecule is CN(C)S(=O)(=O)NC(=O)c1cc(F)c(COc2ccc(C(F)(F)F)c(Cl)c2)cc1F. The van der Waals surface area contributed by atoms with Crippen LogP contribution in [0.4, 0.5) is 22.0 Å². The number of alkyl halides is 3. The van der Waals surface area contributed by atoms with Gasteiger partial charge in [-0.25, -0.2) is 13.5 Å². The Hall–Kier alpha value is -2.44. The number of halogens is 6. The maximum Gasteiger partial charge on any atom is 0.417 e. The highest BCUT2D eigenvalue weighted by molar-refractivity contribution is 7.87. The number of amides is 1. The smallest absolute Gasteiger partial charge is 0.417 e. The van der Waals surface area contributed by atoms with Crippen LogP contribution in [0.3, 0.4) is 0 Å². The van der Waals surface area contributed by atoms with Gasteiger partial charge < -0.3 is 4.74 Å². The fraction of sp³-hybridized carbons (Fsp3) is 0.235. The van der Waals surface area contributed by atoms with E-state index in [1.807, 2.05) is 0 Å². The van der Waals surface area contributed by atoms with Crippen molar-refractivity contribution in [1.82, 2.24) is 9.03 Å². The summed E-state index contributed by atoms with van der Waals surface area (Å²) in [6, 6.07) is 3.59. The average molecular weight is 473 g/mol. The molecule has 0 bridgehead atoms. The Morgan fingerprint density at radius 1 is 1.13 bits per heavy atom. The highest BCUT2D eigenvalue weighted by atomic mass is 35.5. The standard InChI is InChI=1S/C17H14ClF5N2O4S/c1-25(2)30(27,28)24-16(26)11-7-14(19)9(5-15(11)20)8-29-10-3-4-12(13(18)6-10)17(21,22)23/h3-7H,8H2,1-2H3,(H,24,26). The topological polar surface area (TPSA) is 75.7 Å². The van der Waals surface area contributed by atoms with Crippen LogP contribution in [0.25, 0.3) is 0 Å². The quantitative estimate of drug-likeness (QED) is 0.650. The highest BCUT2D eigenvalue weighted by Gasteiger charge is 2.33. The number of carbonyl (C=O) groups is 1. The fourth-order valence-corrected chi connectivity index (χ4v) is 2.92. The lowest BCUT2D eigenvalue weighted by Gasteiger charge is -2.14. The minimum Gasteiger partial charge on any atom is -0.489 e. The molecule has 164 valence electrons. The van der Waals surface area contributed by atoms with E-state index in [4.69, 9.17) is 16.3 Å². The normalized spacial score (nSPS) is 12.2. The third kappa shape index (κ3) is 5.58. The molecule has 2 rings (SSSR count). The van der Waals surface area contributed by atoms with Crippen molar-refractivity contribution in [2.24, 2.45) is 0 Å². The third-order valence-corrected chi connectivity index (χ3v) is 5.44. The number of nitrogens with zero attached hydrogens (tertiary/aromatic N) is 1. The van der Waals surface area contributed by atoms with Gasteiger partial charge in [-0.05, 0) is 30.3 Å². The first-order chi connectivity index (χ1) is 13.7. The molecule has 0 aliphatic heterocycles. The minimum absolute atomic E-state index is 0.133. The molecule has 0 aliphatic rings. The van der Waals surface area contributed by atoms with E-state index in [1.54, 1.807) is 4.72 Å². The van der Waals surface area contributed by atoms with Crippen molar-refractivity contribution < 1.29 is 39.9 Å². The van der Waals surface area contributed by atoms with Gasteiger partial charge in [0.15, 0.2) is 0 Å². The van der Waals surface area contributed by atoms with Crippen LogP contribution >= 0.6 is 11.6 Å². The first-order valence-corrected chi connectivity index (χ1v) is 9.76. The zero-order valence-electron chi connectivity index (χ0n) is 15.4. The second-order valence-electron chi connectivity index (χ2n) is 6.07. The van der Waals surface area contributed by atoms with Crippen molar-refractivity contribution in [2.75, 3.05) is 14.1 Å². The predicted molar refractivity (Wildman–Crippen MR) is 97.2 cm³/mol. The van der Waals surface area contributed by atoms with Gasteiger partial charge in [0.2, 0.25) is 0 Å². The van der Waals surface area contributed by atoms with E-state index in [0.29, 0.717) is 22.5 Å². The van der Waals surface area contributed by atoms with Crippen LogP contribution in [-0.4, -0.2) is 32.7 Å². The zero-order chi connectivity index (χ0) is 22.9. The van der Waals surface area contributed by atoms with Gasteiger partial charge >= 0.3 is 16.4 Å². The van der Waals surface area contributed by atoms with E-state index < -0.39 is 56.7 Å². The van der Waals surface area contributed by atoms with Crippen molar-refractivity contribution in [1.29, 1.82) is 0 Å². The van der Waals surface area contributed by atoms with Crippen molar-refractivity contribution >= 4 is 27.7 Å². The largest absolute Gasteiger partial charge is 0.489 e. The van der Waals surface area contributed by atoms with Gasteiger partial charge in [0.1, 0.15) is 24.0 Å². The van der Waals surface area contributed by atoms with E-state index in [-0.39, 0.29) is 11.3 Å². The zero-order valence-corrected chi connectivity index (χ0v) is 16.9. The van der Waals surface area contributed by atoms with E-state index in [2.05, 4.69) is 0 Å². The Morgan fingerprint density at radius 2 is 1.77 bits per heavy atom. The number of carbonyl (C=O) groups excluding carboxylic acids is 1. The lowest BCUT2D eigenvalue weighted by molar-refractivity contribution is -0.137. The maximum absolute atomic E-state index is 14.2. The first kappa shape index (κ1) is 23.8. The van der Waals surface area contributed by atoms with E-state index in [1.165, 1.54) is 0 Å². The van der Waals surface area contributed by atoms with Gasteiger partial charge in [0, 0.05) is 19.7 Å². The summed E-state index contributed by atoms with van der Waals surface area (Å²) in [5, 5.41) is -0.638. The number of nitrogens with one attached hydrogen (secondary N) is 1. The van der Waals surface area contributed by atoms with Crippen LogP contribution in [0.1, 0.15) is 21.5 Å². The summed E-state index contributed by atoms with van der Waals surface area (Å²) in [7, 11) is -1.97. The predicted octanol–water partition coefficient (Wildman–Crippen LogP) is 3.75. The minimum atomic E-state index is -4.67. The molecule has 6 nitrogen and oxygen atoms in total. The number of benzene rings is 2. The van der Waals surface area contributed by atoms with Crippen molar-refractivity contribution in [2.45, 2.75) is 12.8 Å². The summed E-state index contributed by atoms with van der Waals surface area (Å²) < 4.78 is 97.1. The van der Waals surface area contributed by atoms with Crippen LogP contribution < -0.4 is 9.46 Å². The van der Waals surface area contributed by atoms with Gasteiger partial charge in [0.05, 0.1) is 16.1 Å². The molecule has 0 spiro atoms. The summed E-state index contributed by atoms with van der Waals surface area (Å²) in [5.74, 6) is -3.84. The highest BCUT2D eigenvalue weighted by Crippen LogP contribution is 2.36. The van der Waals surface area contributed by atoms with Crippen molar-refractivity contribution in [3.05, 3.63) is 63.7 Å². The fourth-order valence-electron chi connectivity index (χ4n) is 2.11. The van der Waals surface area contributed by atoms with Gasteiger partial charge in [-0.15, -0.1) is 0 Å². The monoisotopic (exact) mass is 472 g/mol. The molecule has 2 aromatic carbocycles. The Balaban J connectivity index is 2.18. The number of hydrogen-bond donors (Lipinski definition) is 1. The van der Waals surface area contributed by atoms with Crippen LogP contribution in [-0.2, 0) is 23.0 Å². The molecule has 0 aromatic heterocycles. The molecule has 0 atom stereocenters. The van der Waals surface area contributed by atoms with Crippen LogP contribution in [0.2, 0.25) is 5.02 Å². The number of hydrogen-bond acceptors (Lipinski definition) is 4. The van der Waals surface area contributed by atoms with E-state index >= 15 is 0 Å². The molecular weight excluding hydrogens is 459 g/mol. The van der Waals surface area contributed by atoms with Gasteiger partial charge in [-0.3, -0.25) is 4.79 Å². The summed E-state index contributed by atoms with van der Waals surface area (Å²) in [4.78, 5) is 11.9. The van der Waals surface area contributed by atoms with Crippen molar-refractivity contribution in [3.8, 4) is 5.75 Å². The van der Waals surface area contributed by atoms with Gasteiger partial charge in [-0.2, -0.15) is 25.9 Å². The molecule has 0 aliphatic carbocycles. The Morgan fingerprint density at radius 3 is 2.30 bits per heavy atom. The molecule has 2 aromatic rings. The van der Waals surface area contributed by atoms with Crippen LogP contribution in [0.15, 0.2) is 30.3 Å². The Labute approximate surface area is 173 Å².